The maximum atomic E-state index is 10.6. The Bertz CT molecular complexity index is 1030. The largest absolute Gasteiger partial charge is 0.509 e. The average molecular weight is 392 g/mol. The Kier molecular flexibility index (Phi) is 6.37. The summed E-state index contributed by atoms with van der Waals surface area (Å²) in [7, 11) is 3.47. The van der Waals surface area contributed by atoms with Gasteiger partial charge in [-0.15, -0.1) is 0 Å². The van der Waals surface area contributed by atoms with Crippen molar-refractivity contribution in [3.8, 4) is 17.6 Å². The van der Waals surface area contributed by atoms with Crippen LogP contribution in [0.3, 0.4) is 0 Å². The molecule has 0 saturated heterocycles. The number of nitrogens with one attached hydrogen (secondary N) is 1. The number of ether oxygens (including phenoxy) is 2. The van der Waals surface area contributed by atoms with E-state index in [-0.39, 0.29) is 17.9 Å². The third kappa shape index (κ3) is 4.68. The summed E-state index contributed by atoms with van der Waals surface area (Å²) >= 11 is 0. The highest BCUT2D eigenvalue weighted by atomic mass is 16.5. The second-order valence-corrected chi connectivity index (χ2v) is 6.63. The van der Waals surface area contributed by atoms with E-state index >= 15 is 0 Å². The van der Waals surface area contributed by atoms with Crippen LogP contribution in [0.1, 0.15) is 18.3 Å². The molecule has 1 aromatic heterocycles. The summed E-state index contributed by atoms with van der Waals surface area (Å²) in [5.74, 6) is 1.69. The second kappa shape index (κ2) is 9.13. The molecule has 0 fully saturated rings. The molecule has 2 aromatic carbocycles. The number of methoxy groups -OCH3 is 1. The molecule has 7 nitrogen and oxygen atoms in total. The molecule has 7 heteroatoms. The van der Waals surface area contributed by atoms with Crippen LogP contribution in [0.4, 0.5) is 0 Å². The molecule has 0 amide bonds. The lowest BCUT2D eigenvalue weighted by Gasteiger charge is -2.18. The maximum Gasteiger partial charge on any atom is 0.161 e. The van der Waals surface area contributed by atoms with Crippen molar-refractivity contribution >= 4 is 16.6 Å². The molecule has 0 aliphatic carbocycles. The van der Waals surface area contributed by atoms with Crippen molar-refractivity contribution in [2.75, 3.05) is 27.3 Å². The number of allylic oxidation sites excluding steroid dienone is 1. The Morgan fingerprint density at radius 1 is 1.24 bits per heavy atom. The zero-order chi connectivity index (χ0) is 20.8. The predicted molar refractivity (Wildman–Crippen MR) is 112 cm³/mol. The smallest absolute Gasteiger partial charge is 0.161 e. The molecule has 0 aliphatic heterocycles. The monoisotopic (exact) mass is 392 g/mol. The van der Waals surface area contributed by atoms with Gasteiger partial charge in [-0.25, -0.2) is 4.98 Å². The number of hydrogen-bond acceptors (Lipinski definition) is 6. The molecule has 0 aliphatic rings. The lowest BCUT2D eigenvalue weighted by atomic mass is 10.1. The number of H-pyrrole nitrogens is 1. The SMILES string of the molecule is CCOc1ccc(CN(C)C/C(O)=C(\C#N)c2nc3ccccc3[nH]2)cc1OC. The summed E-state index contributed by atoms with van der Waals surface area (Å²) in [6.45, 7) is 3.25. The first-order valence-electron chi connectivity index (χ1n) is 9.31. The number of nitriles is 1. The quantitative estimate of drug-likeness (QED) is 0.446. The van der Waals surface area contributed by atoms with Gasteiger partial charge in [0.1, 0.15) is 17.4 Å². The van der Waals surface area contributed by atoms with Gasteiger partial charge in [0, 0.05) is 6.54 Å². The maximum absolute atomic E-state index is 10.6. The molecule has 29 heavy (non-hydrogen) atoms. The Hall–Kier alpha value is -3.50. The fourth-order valence-corrected chi connectivity index (χ4v) is 3.11. The van der Waals surface area contributed by atoms with Crippen LogP contribution in [0, 0.1) is 11.3 Å². The normalized spacial score (nSPS) is 12.0. The Balaban J connectivity index is 1.76. The minimum Gasteiger partial charge on any atom is -0.509 e. The van der Waals surface area contributed by atoms with E-state index < -0.39 is 0 Å². The van der Waals surface area contributed by atoms with Gasteiger partial charge in [-0.2, -0.15) is 5.26 Å². The molecule has 0 radical (unpaired) electrons. The van der Waals surface area contributed by atoms with E-state index in [0.29, 0.717) is 30.5 Å². The van der Waals surface area contributed by atoms with Crippen molar-refractivity contribution in [1.29, 1.82) is 5.26 Å². The number of aromatic amines is 1. The average Bonchev–Trinajstić information content (AvgIpc) is 3.13. The lowest BCUT2D eigenvalue weighted by molar-refractivity contribution is 0.284. The Labute approximate surface area is 169 Å². The van der Waals surface area contributed by atoms with Crippen molar-refractivity contribution in [1.82, 2.24) is 14.9 Å². The van der Waals surface area contributed by atoms with Crippen LogP contribution in [0.2, 0.25) is 0 Å². The van der Waals surface area contributed by atoms with Gasteiger partial charge in [0.15, 0.2) is 17.3 Å². The summed E-state index contributed by atoms with van der Waals surface area (Å²) in [5.41, 5.74) is 2.70. The van der Waals surface area contributed by atoms with Gasteiger partial charge in [0.05, 0.1) is 31.3 Å². The number of aromatic nitrogens is 2. The number of aliphatic hydroxyl groups is 1. The van der Waals surface area contributed by atoms with Gasteiger partial charge in [-0.1, -0.05) is 18.2 Å². The van der Waals surface area contributed by atoms with Gasteiger partial charge in [-0.05, 0) is 43.8 Å². The van der Waals surface area contributed by atoms with Crippen molar-refractivity contribution in [2.45, 2.75) is 13.5 Å². The summed E-state index contributed by atoms with van der Waals surface area (Å²) in [6.07, 6.45) is 0. The van der Waals surface area contributed by atoms with Crippen LogP contribution < -0.4 is 9.47 Å². The summed E-state index contributed by atoms with van der Waals surface area (Å²) in [5, 5.41) is 20.1. The molecule has 2 N–H and O–H groups in total. The molecular formula is C22H24N4O3. The fraction of sp³-hybridized carbons (Fsp3) is 0.273. The van der Waals surface area contributed by atoms with Crippen LogP contribution >= 0.6 is 0 Å². The van der Waals surface area contributed by atoms with E-state index in [1.165, 1.54) is 0 Å². The van der Waals surface area contributed by atoms with Gasteiger partial charge < -0.3 is 19.6 Å². The van der Waals surface area contributed by atoms with Crippen molar-refractivity contribution in [2.24, 2.45) is 0 Å². The van der Waals surface area contributed by atoms with E-state index in [9.17, 15) is 10.4 Å². The first-order chi connectivity index (χ1) is 14.0. The van der Waals surface area contributed by atoms with Crippen molar-refractivity contribution in [3.05, 3.63) is 59.6 Å². The van der Waals surface area contributed by atoms with E-state index in [0.717, 1.165) is 16.6 Å². The lowest BCUT2D eigenvalue weighted by Crippen LogP contribution is -2.21. The molecule has 3 rings (SSSR count). The standard InChI is InChI=1S/C22H24N4O3/c1-4-29-20-10-9-15(11-21(20)28-3)13-26(2)14-19(27)16(12-23)22-24-17-7-5-6-8-18(17)25-22/h5-11,27H,4,13-14H2,1-3H3,(H,24,25)/b19-16-. The van der Waals surface area contributed by atoms with Crippen LogP contribution in [0.15, 0.2) is 48.2 Å². The fourth-order valence-electron chi connectivity index (χ4n) is 3.11. The summed E-state index contributed by atoms with van der Waals surface area (Å²) < 4.78 is 10.9. The van der Waals surface area contributed by atoms with Gasteiger partial charge in [-0.3, -0.25) is 4.90 Å². The zero-order valence-corrected chi connectivity index (χ0v) is 16.8. The third-order valence-electron chi connectivity index (χ3n) is 4.43. The van der Waals surface area contributed by atoms with Crippen molar-refractivity contribution < 1.29 is 14.6 Å². The zero-order valence-electron chi connectivity index (χ0n) is 16.8. The first kappa shape index (κ1) is 20.2. The second-order valence-electron chi connectivity index (χ2n) is 6.63. The Morgan fingerprint density at radius 3 is 2.72 bits per heavy atom. The molecule has 150 valence electrons. The minimum atomic E-state index is -0.0352. The molecule has 1 heterocycles. The summed E-state index contributed by atoms with van der Waals surface area (Å²) in [4.78, 5) is 9.39. The van der Waals surface area contributed by atoms with Crippen molar-refractivity contribution in [3.63, 3.8) is 0 Å². The summed E-state index contributed by atoms with van der Waals surface area (Å²) in [6, 6.07) is 15.3. The number of hydrogen-bond donors (Lipinski definition) is 2. The topological polar surface area (TPSA) is 94.4 Å². The first-order valence-corrected chi connectivity index (χ1v) is 9.31. The van der Waals surface area contributed by atoms with Crippen LogP contribution in [0.25, 0.3) is 16.6 Å². The predicted octanol–water partition coefficient (Wildman–Crippen LogP) is 3.89. The molecule has 0 saturated carbocycles. The molecular weight excluding hydrogens is 368 g/mol. The van der Waals surface area contributed by atoms with E-state index in [2.05, 4.69) is 16.0 Å². The highest BCUT2D eigenvalue weighted by molar-refractivity contribution is 5.82. The number of rotatable bonds is 8. The Morgan fingerprint density at radius 2 is 2.03 bits per heavy atom. The van der Waals surface area contributed by atoms with E-state index in [1.807, 2.05) is 61.3 Å². The number of fused-ring (bicyclic) bond motifs is 1. The minimum absolute atomic E-state index is 0.0352. The van der Waals surface area contributed by atoms with Gasteiger partial charge in [0.2, 0.25) is 0 Å². The molecule has 0 unspecified atom stereocenters. The van der Waals surface area contributed by atoms with E-state index in [1.54, 1.807) is 7.11 Å². The number of nitrogens with zero attached hydrogens (tertiary/aromatic N) is 3. The molecule has 0 bridgehead atoms. The molecule has 0 spiro atoms. The van der Waals surface area contributed by atoms with Crippen LogP contribution in [-0.2, 0) is 6.54 Å². The van der Waals surface area contributed by atoms with Crippen LogP contribution in [0.5, 0.6) is 11.5 Å². The number of imidazole rings is 1. The highest BCUT2D eigenvalue weighted by Gasteiger charge is 2.15. The number of likely N-dealkylation sites (N-methyl/N-ethyl adjacent to an activating group) is 1. The van der Waals surface area contributed by atoms with Gasteiger partial charge >= 0.3 is 0 Å². The number of aliphatic hydroxyl groups excluding tert-OH is 1. The van der Waals surface area contributed by atoms with Gasteiger partial charge in [0.25, 0.3) is 0 Å². The molecule has 0 atom stereocenters. The third-order valence-corrected chi connectivity index (χ3v) is 4.43. The van der Waals surface area contributed by atoms with Crippen LogP contribution in [-0.4, -0.2) is 47.3 Å². The molecule has 3 aromatic rings. The van der Waals surface area contributed by atoms with E-state index in [4.69, 9.17) is 9.47 Å². The number of para-hydroxylation sites is 2. The highest BCUT2D eigenvalue weighted by Crippen LogP contribution is 2.28. The number of benzene rings is 2.